The summed E-state index contributed by atoms with van der Waals surface area (Å²) in [4.78, 5) is 74.9. The Bertz CT molecular complexity index is 1890. The van der Waals surface area contributed by atoms with Crippen molar-refractivity contribution in [2.24, 2.45) is 5.73 Å². The van der Waals surface area contributed by atoms with Crippen molar-refractivity contribution in [2.75, 3.05) is 56.0 Å². The first-order valence-corrected chi connectivity index (χ1v) is 20.6. The predicted octanol–water partition coefficient (Wildman–Crippen LogP) is 4.06. The maximum atomic E-state index is 14.2. The summed E-state index contributed by atoms with van der Waals surface area (Å²) in [5.74, 6) is -0.628. The fraction of sp³-hybridized carbons (Fsp3) is 0.447. The highest BCUT2D eigenvalue weighted by Crippen LogP contribution is 2.34. The number of piperazine rings is 1. The van der Waals surface area contributed by atoms with Crippen molar-refractivity contribution in [1.29, 1.82) is 0 Å². The second-order valence-corrected chi connectivity index (χ2v) is 15.9. The molecule has 58 heavy (non-hydrogen) atoms. The van der Waals surface area contributed by atoms with Crippen molar-refractivity contribution in [2.45, 2.75) is 63.2 Å². The van der Waals surface area contributed by atoms with Crippen LogP contribution in [0.15, 0.2) is 69.9 Å². The Morgan fingerprint density at radius 2 is 1.59 bits per heavy atom. The van der Waals surface area contributed by atoms with Gasteiger partial charge in [-0.1, -0.05) is 18.2 Å². The van der Waals surface area contributed by atoms with Crippen LogP contribution in [-0.2, 0) is 22.6 Å². The molecule has 2 aromatic carbocycles. The van der Waals surface area contributed by atoms with Crippen molar-refractivity contribution in [3.05, 3.63) is 91.1 Å². The summed E-state index contributed by atoms with van der Waals surface area (Å²) < 4.78 is 0.870. The predicted molar refractivity (Wildman–Crippen MR) is 222 cm³/mol. The van der Waals surface area contributed by atoms with Crippen LogP contribution >= 0.6 is 31.9 Å². The molecule has 6 rings (SSSR count). The monoisotopic (exact) mass is 930 g/mol. The highest BCUT2D eigenvalue weighted by molar-refractivity contribution is 9.11. The Balaban J connectivity index is 0.00000153. The number of nitrogens with one attached hydrogen (secondary N) is 3. The Hall–Kier alpha value is -5.21. The lowest BCUT2D eigenvalue weighted by Gasteiger charge is -2.40. The maximum Gasteiger partial charge on any atom is 0.322 e. The Labute approximate surface area is 352 Å². The summed E-state index contributed by atoms with van der Waals surface area (Å²) in [6.45, 7) is 4.07. The minimum atomic E-state index is -1.50. The molecule has 20 heteroatoms. The molecule has 2 saturated heterocycles. The normalized spacial score (nSPS) is 16.6. The number of carbonyl (C=O) groups is 4. The number of phenols is 1. The lowest BCUT2D eigenvalue weighted by Crippen LogP contribution is -2.59. The average Bonchev–Trinajstić information content (AvgIpc) is 3.22. The van der Waals surface area contributed by atoms with Crippen molar-refractivity contribution in [3.8, 4) is 5.75 Å². The molecule has 18 nitrogen and oxygen atoms in total. The van der Waals surface area contributed by atoms with Crippen LogP contribution in [0.1, 0.15) is 43.2 Å². The summed E-state index contributed by atoms with van der Waals surface area (Å²) in [6.07, 6.45) is 6.53. The van der Waals surface area contributed by atoms with Gasteiger partial charge in [0.25, 0.3) is 5.09 Å². The second kappa shape index (κ2) is 21.0. The van der Waals surface area contributed by atoms with E-state index in [2.05, 4.69) is 57.7 Å². The van der Waals surface area contributed by atoms with E-state index in [4.69, 9.17) is 21.1 Å². The molecule has 0 saturated carbocycles. The Kier molecular flexibility index (Phi) is 15.9. The maximum absolute atomic E-state index is 14.2. The van der Waals surface area contributed by atoms with E-state index in [0.29, 0.717) is 99.0 Å². The molecule has 4 heterocycles. The third-order valence-corrected chi connectivity index (χ3v) is 11.6. The van der Waals surface area contributed by atoms with Crippen LogP contribution < -0.4 is 26.6 Å². The number of phenolic OH excluding ortho intramolecular Hbond substituents is 1. The number of amides is 6. The lowest BCUT2D eigenvalue weighted by molar-refractivity contribution is -0.742. The van der Waals surface area contributed by atoms with Crippen LogP contribution in [0.5, 0.6) is 5.75 Å². The standard InChI is InChI=1S/C38H47Br2N9O5.HNO3/c39-29-21-25(22-30(40)34(29)50)23-33(45-37(53)48-15-10-28(11-16-48)49-24-26-5-1-2-6-31(26)44-38(49)54)35(51)43-32(7-3-4-12-41)36(52)47-19-17-46(18-20-47)27-8-13-42-14-9-27;2-1(3)4/h1-2,5-6,8-9,13-14,21-22,28,32-33,50H,3-4,7,10-12,15-20,23-24,41H2,(H,43,51)(H,44,54)(H,45,53);(H,2,3,4)/t32-,33+;/m0./s1. The van der Waals surface area contributed by atoms with E-state index in [9.17, 15) is 24.3 Å². The van der Waals surface area contributed by atoms with Gasteiger partial charge in [0, 0.05) is 82.0 Å². The molecule has 3 aliphatic rings. The largest absolute Gasteiger partial charge is 0.506 e. The molecular formula is C38H48Br2N10O8. The molecule has 2 atom stereocenters. The van der Waals surface area contributed by atoms with Gasteiger partial charge in [0.1, 0.15) is 17.8 Å². The van der Waals surface area contributed by atoms with Gasteiger partial charge in [0.2, 0.25) is 11.8 Å². The number of fused-ring (bicyclic) bond motifs is 1. The summed E-state index contributed by atoms with van der Waals surface area (Å²) in [7, 11) is 0. The molecule has 312 valence electrons. The molecule has 2 fully saturated rings. The van der Waals surface area contributed by atoms with Gasteiger partial charge in [-0.25, -0.2) is 9.59 Å². The van der Waals surface area contributed by atoms with E-state index in [1.54, 1.807) is 34.3 Å². The molecule has 7 N–H and O–H groups in total. The lowest BCUT2D eigenvalue weighted by atomic mass is 10.0. The number of urea groups is 2. The number of aromatic hydroxyl groups is 1. The number of benzene rings is 2. The van der Waals surface area contributed by atoms with Crippen LogP contribution in [0.25, 0.3) is 0 Å². The quantitative estimate of drug-likeness (QED) is 0.0860. The number of anilines is 2. The minimum Gasteiger partial charge on any atom is -0.506 e. The van der Waals surface area contributed by atoms with Gasteiger partial charge in [-0.05, 0) is 112 Å². The SMILES string of the molecule is NCCCC[C@H](NC(=O)[C@@H](Cc1cc(Br)c(O)c(Br)c1)NC(=O)N1CCC(N2Cc3ccccc3NC2=O)CC1)C(=O)N1CCN(c2ccncc2)CC1.O=[N+]([O-])O. The molecule has 0 spiro atoms. The van der Waals surface area contributed by atoms with Gasteiger partial charge in [0.05, 0.1) is 8.95 Å². The van der Waals surface area contributed by atoms with Crippen molar-refractivity contribution < 1.29 is 34.6 Å². The van der Waals surface area contributed by atoms with Gasteiger partial charge in [-0.2, -0.15) is 0 Å². The zero-order valence-corrected chi connectivity index (χ0v) is 34.9. The van der Waals surface area contributed by atoms with E-state index in [-0.39, 0.29) is 30.2 Å². The number of nitrogens with zero attached hydrogens (tertiary/aromatic N) is 6. The molecule has 0 aliphatic carbocycles. The molecule has 3 aliphatic heterocycles. The highest BCUT2D eigenvalue weighted by atomic mass is 79.9. The molecule has 6 amide bonds. The number of hydrogen-bond donors (Lipinski definition) is 6. The first-order chi connectivity index (χ1) is 27.8. The van der Waals surface area contributed by atoms with Crippen molar-refractivity contribution >= 4 is 67.1 Å². The third kappa shape index (κ3) is 11.9. The number of pyridine rings is 1. The van der Waals surface area contributed by atoms with E-state index in [0.717, 1.165) is 16.9 Å². The van der Waals surface area contributed by atoms with E-state index in [1.165, 1.54) is 0 Å². The molecular weight excluding hydrogens is 884 g/mol. The summed E-state index contributed by atoms with van der Waals surface area (Å²) in [6, 6.07) is 12.6. The Morgan fingerprint density at radius 3 is 2.22 bits per heavy atom. The number of halogens is 2. The number of nitrogens with two attached hydrogens (primary N) is 1. The number of unbranched alkanes of at least 4 members (excludes halogenated alkanes) is 1. The number of para-hydroxylation sites is 1. The number of likely N-dealkylation sites (tertiary alicyclic amines) is 1. The van der Waals surface area contributed by atoms with Crippen molar-refractivity contribution in [3.63, 3.8) is 0 Å². The van der Waals surface area contributed by atoms with Crippen LogP contribution in [0, 0.1) is 10.1 Å². The van der Waals surface area contributed by atoms with Crippen molar-refractivity contribution in [1.82, 2.24) is 30.3 Å². The third-order valence-electron chi connectivity index (χ3n) is 10.4. The highest BCUT2D eigenvalue weighted by Gasteiger charge is 2.35. The van der Waals surface area contributed by atoms with Crippen LogP contribution in [0.2, 0.25) is 0 Å². The van der Waals surface area contributed by atoms with Crippen LogP contribution in [0.4, 0.5) is 21.0 Å². The van der Waals surface area contributed by atoms with Gasteiger partial charge in [0.15, 0.2) is 0 Å². The topological polar surface area (TPSA) is 240 Å². The van der Waals surface area contributed by atoms with E-state index in [1.807, 2.05) is 41.3 Å². The van der Waals surface area contributed by atoms with E-state index < -0.39 is 29.1 Å². The fourth-order valence-electron chi connectivity index (χ4n) is 7.30. The number of carbonyl (C=O) groups excluding carboxylic acids is 4. The number of rotatable bonds is 12. The van der Waals surface area contributed by atoms with Crippen LogP contribution in [0.3, 0.4) is 0 Å². The number of aromatic nitrogens is 1. The van der Waals surface area contributed by atoms with Gasteiger partial charge >= 0.3 is 12.1 Å². The van der Waals surface area contributed by atoms with Crippen LogP contribution in [-0.4, -0.2) is 123 Å². The number of hydrogen-bond acceptors (Lipinski definition) is 10. The van der Waals surface area contributed by atoms with Gasteiger partial charge < -0.3 is 51.6 Å². The zero-order valence-electron chi connectivity index (χ0n) is 31.8. The minimum absolute atomic E-state index is 0.0205. The second-order valence-electron chi connectivity index (χ2n) is 14.1. The van der Waals surface area contributed by atoms with Gasteiger partial charge in [-0.3, -0.25) is 14.6 Å². The van der Waals surface area contributed by atoms with E-state index >= 15 is 0 Å². The summed E-state index contributed by atoms with van der Waals surface area (Å²) in [5, 5.41) is 32.9. The van der Waals surface area contributed by atoms with Gasteiger partial charge in [-0.15, -0.1) is 10.1 Å². The molecule has 3 aromatic rings. The summed E-state index contributed by atoms with van der Waals surface area (Å²) in [5.41, 5.74) is 9.38. The fourth-order valence-corrected chi connectivity index (χ4v) is 8.58. The average molecular weight is 933 g/mol. The Morgan fingerprint density at radius 1 is 0.948 bits per heavy atom. The smallest absolute Gasteiger partial charge is 0.322 e. The number of piperidine rings is 1. The zero-order chi connectivity index (χ0) is 41.8. The molecule has 0 bridgehead atoms. The first kappa shape index (κ1) is 43.9. The molecule has 0 unspecified atom stereocenters. The first-order valence-electron chi connectivity index (χ1n) is 19.0. The summed E-state index contributed by atoms with van der Waals surface area (Å²) >= 11 is 6.74. The molecule has 0 radical (unpaired) electrons. The molecule has 1 aromatic heterocycles.